The van der Waals surface area contributed by atoms with Gasteiger partial charge in [0.15, 0.2) is 5.69 Å². The zero-order chi connectivity index (χ0) is 54.8. The quantitative estimate of drug-likeness (QED) is 0.127. The van der Waals surface area contributed by atoms with E-state index in [1.807, 2.05) is 12.1 Å². The minimum Gasteiger partial charge on any atom is -0.311 e. The molecule has 0 N–H and O–H groups in total. The lowest BCUT2D eigenvalue weighted by Crippen LogP contribution is -2.61. The first-order valence-electron chi connectivity index (χ1n) is 27.5. The third-order valence-corrected chi connectivity index (χ3v) is 16.4. The Bertz CT molecular complexity index is 3980. The van der Waals surface area contributed by atoms with Crippen molar-refractivity contribution in [3.63, 3.8) is 0 Å². The molecule has 0 amide bonds. The molecule has 0 spiro atoms. The second kappa shape index (κ2) is 18.0. The van der Waals surface area contributed by atoms with E-state index >= 15 is 0 Å². The lowest BCUT2D eigenvalue weighted by molar-refractivity contribution is 0.568. The molecule has 0 saturated carbocycles. The van der Waals surface area contributed by atoms with Crippen molar-refractivity contribution >= 4 is 84.7 Å². The molecule has 2 aliphatic rings. The van der Waals surface area contributed by atoms with E-state index in [9.17, 15) is 5.26 Å². The fourth-order valence-corrected chi connectivity index (χ4v) is 12.1. The first-order chi connectivity index (χ1) is 37.1. The van der Waals surface area contributed by atoms with E-state index in [1.165, 1.54) is 61.4 Å². The van der Waals surface area contributed by atoms with Crippen LogP contribution in [-0.4, -0.2) is 11.3 Å². The van der Waals surface area contributed by atoms with Crippen molar-refractivity contribution in [2.45, 2.75) is 105 Å². The summed E-state index contributed by atoms with van der Waals surface area (Å²) in [6.07, 6.45) is 0. The Balaban J connectivity index is 1.17. The predicted octanol–water partition coefficient (Wildman–Crippen LogP) is 17.8. The Morgan fingerprint density at radius 1 is 0.423 bits per heavy atom. The van der Waals surface area contributed by atoms with Crippen LogP contribution in [0.5, 0.6) is 0 Å². The van der Waals surface area contributed by atoms with Gasteiger partial charge in [-0.3, -0.25) is 0 Å². The lowest BCUT2D eigenvalue weighted by atomic mass is 9.33. The average molecular weight is 1010 g/mol. The van der Waals surface area contributed by atoms with Gasteiger partial charge in [0, 0.05) is 56.0 Å². The monoisotopic (exact) mass is 1010 g/mol. The van der Waals surface area contributed by atoms with Gasteiger partial charge in [-0.1, -0.05) is 186 Å². The molecule has 5 nitrogen and oxygen atoms in total. The molecule has 3 heterocycles. The van der Waals surface area contributed by atoms with Crippen molar-refractivity contribution in [1.82, 2.24) is 4.57 Å². The highest BCUT2D eigenvalue weighted by atomic mass is 15.2. The highest BCUT2D eigenvalue weighted by Crippen LogP contribution is 2.49. The highest BCUT2D eigenvalue weighted by molar-refractivity contribution is 7.00. The first kappa shape index (κ1) is 50.3. The van der Waals surface area contributed by atoms with E-state index in [2.05, 4.69) is 266 Å². The van der Waals surface area contributed by atoms with Crippen LogP contribution in [0.4, 0.5) is 39.8 Å². The molecule has 9 aromatic carbocycles. The van der Waals surface area contributed by atoms with Crippen molar-refractivity contribution in [2.75, 3.05) is 9.80 Å². The van der Waals surface area contributed by atoms with Crippen LogP contribution in [-0.2, 0) is 21.7 Å². The van der Waals surface area contributed by atoms with Gasteiger partial charge in [0.2, 0.25) is 0 Å². The molecule has 0 saturated heterocycles. The lowest BCUT2D eigenvalue weighted by Gasteiger charge is -2.45. The van der Waals surface area contributed by atoms with Gasteiger partial charge < -0.3 is 14.4 Å². The standard InChI is InChI=1S/C72H66BN5/c1-69(2,3)48-38-49(70(4,5)6)41-53(40-48)76-64-28-20-16-24-59(64)73-60-25-17-21-29-65(60)77(54-42-50(71(7,8)9)39-51(43-54)72(10,11)12)67-37-46(36-66(76)68(67)73)45-30-33-63-58(35-45)57-23-15-19-27-62(57)78(63)61-26-18-14-22-56(61)55-32-31-52(75-13)34-47(55)44-74/h14-43H,1-12H3. The predicted molar refractivity (Wildman–Crippen MR) is 331 cm³/mol. The van der Waals surface area contributed by atoms with Gasteiger partial charge >= 0.3 is 0 Å². The zero-order valence-electron chi connectivity index (χ0n) is 47.1. The van der Waals surface area contributed by atoms with Crippen molar-refractivity contribution in [3.05, 3.63) is 221 Å². The molecule has 0 radical (unpaired) electrons. The number of benzene rings is 9. The molecule has 2 aliphatic heterocycles. The van der Waals surface area contributed by atoms with E-state index in [0.717, 1.165) is 61.1 Å². The molecule has 382 valence electrons. The second-order valence-corrected chi connectivity index (χ2v) is 25.7. The molecule has 0 bridgehead atoms. The fourth-order valence-electron chi connectivity index (χ4n) is 12.1. The Morgan fingerprint density at radius 3 is 1.41 bits per heavy atom. The maximum atomic E-state index is 10.4. The van der Waals surface area contributed by atoms with Gasteiger partial charge in [-0.2, -0.15) is 5.26 Å². The molecule has 1 aromatic heterocycles. The third kappa shape index (κ3) is 8.29. The number of para-hydroxylation sites is 4. The van der Waals surface area contributed by atoms with E-state index in [4.69, 9.17) is 6.57 Å². The van der Waals surface area contributed by atoms with Crippen LogP contribution < -0.4 is 26.2 Å². The Hall–Kier alpha value is -8.58. The van der Waals surface area contributed by atoms with E-state index in [1.54, 1.807) is 12.1 Å². The van der Waals surface area contributed by atoms with Crippen molar-refractivity contribution in [3.8, 4) is 34.0 Å². The van der Waals surface area contributed by atoms with Crippen molar-refractivity contribution in [2.24, 2.45) is 0 Å². The van der Waals surface area contributed by atoms with Crippen LogP contribution in [0, 0.1) is 17.9 Å². The minimum atomic E-state index is -0.0934. The summed E-state index contributed by atoms with van der Waals surface area (Å²) >= 11 is 0. The summed E-state index contributed by atoms with van der Waals surface area (Å²) in [5, 5.41) is 12.7. The van der Waals surface area contributed by atoms with E-state index in [-0.39, 0.29) is 28.4 Å². The molecule has 0 fully saturated rings. The number of fused-ring (bicyclic) bond motifs is 7. The summed E-state index contributed by atoms with van der Waals surface area (Å²) in [5.74, 6) is 0. The van der Waals surface area contributed by atoms with Crippen molar-refractivity contribution < 1.29 is 0 Å². The number of hydrogen-bond donors (Lipinski definition) is 0. The SMILES string of the molecule is [C-]#[N+]c1ccc(-c2ccccc2-n2c3ccccc3c3cc(-c4cc5c6c(c4)N(c4cc(C(C)(C)C)cc(C(C)(C)C)c4)c4ccccc4B6c4ccccc4N5c4cc(C(C)(C)C)cc(C(C)(C)C)c4)ccc32)c(C#N)c1. The topological polar surface area (TPSA) is 39.6 Å². The molecular weight excluding hydrogens is 946 g/mol. The Kier molecular flexibility index (Phi) is 11.6. The van der Waals surface area contributed by atoms with Crippen LogP contribution in [0.2, 0.25) is 0 Å². The number of nitriles is 1. The van der Waals surface area contributed by atoms with Crippen LogP contribution in [0.1, 0.15) is 111 Å². The summed E-state index contributed by atoms with van der Waals surface area (Å²) in [5.41, 5.74) is 23.8. The van der Waals surface area contributed by atoms with E-state index < -0.39 is 0 Å². The van der Waals surface area contributed by atoms with Crippen molar-refractivity contribution in [1.29, 1.82) is 5.26 Å². The summed E-state index contributed by atoms with van der Waals surface area (Å²) in [6.45, 7) is 35.6. The molecule has 78 heavy (non-hydrogen) atoms. The maximum Gasteiger partial charge on any atom is 0.252 e. The smallest absolute Gasteiger partial charge is 0.252 e. The highest BCUT2D eigenvalue weighted by Gasteiger charge is 2.44. The minimum absolute atomic E-state index is 0.0237. The molecule has 0 atom stereocenters. The van der Waals surface area contributed by atoms with Gasteiger partial charge in [0.25, 0.3) is 6.71 Å². The fraction of sp³-hybridized carbons (Fsp3) is 0.222. The average Bonchev–Trinajstić information content (AvgIpc) is 3.83. The molecule has 6 heteroatoms. The number of anilines is 6. The summed E-state index contributed by atoms with van der Waals surface area (Å²) in [4.78, 5) is 8.80. The van der Waals surface area contributed by atoms with Crippen LogP contribution in [0.15, 0.2) is 182 Å². The first-order valence-corrected chi connectivity index (χ1v) is 27.5. The molecular formula is C72H66BN5. The molecule has 0 unspecified atom stereocenters. The number of rotatable bonds is 5. The Morgan fingerprint density at radius 2 is 0.897 bits per heavy atom. The summed E-state index contributed by atoms with van der Waals surface area (Å²) in [6, 6.07) is 69.6. The van der Waals surface area contributed by atoms with Crippen LogP contribution >= 0.6 is 0 Å². The van der Waals surface area contributed by atoms with Gasteiger partial charge in [-0.15, -0.1) is 0 Å². The molecule has 10 aromatic rings. The molecule has 12 rings (SSSR count). The second-order valence-electron chi connectivity index (χ2n) is 25.7. The number of nitrogens with zero attached hydrogens (tertiary/aromatic N) is 5. The normalized spacial score (nSPS) is 13.3. The Labute approximate surface area is 462 Å². The van der Waals surface area contributed by atoms with Gasteiger partial charge in [-0.05, 0) is 156 Å². The zero-order valence-corrected chi connectivity index (χ0v) is 47.1. The van der Waals surface area contributed by atoms with Gasteiger partial charge in [0.05, 0.1) is 29.4 Å². The third-order valence-electron chi connectivity index (χ3n) is 16.4. The number of aromatic nitrogens is 1. The maximum absolute atomic E-state index is 10.4. The van der Waals surface area contributed by atoms with Gasteiger partial charge in [0.1, 0.15) is 0 Å². The van der Waals surface area contributed by atoms with Crippen LogP contribution in [0.3, 0.4) is 0 Å². The largest absolute Gasteiger partial charge is 0.311 e. The summed E-state index contributed by atoms with van der Waals surface area (Å²) in [7, 11) is 0. The molecule has 0 aliphatic carbocycles. The van der Waals surface area contributed by atoms with E-state index in [0.29, 0.717) is 11.3 Å². The van der Waals surface area contributed by atoms with Crippen LogP contribution in [0.25, 0.3) is 54.6 Å². The summed E-state index contributed by atoms with van der Waals surface area (Å²) < 4.78 is 2.34. The van der Waals surface area contributed by atoms with Gasteiger partial charge in [-0.25, -0.2) is 4.85 Å². The number of hydrogen-bond acceptors (Lipinski definition) is 3.